The van der Waals surface area contributed by atoms with Crippen LogP contribution in [0.4, 0.5) is 15.8 Å². The van der Waals surface area contributed by atoms with Crippen molar-refractivity contribution in [3.63, 3.8) is 0 Å². The number of halogens is 2. The second-order valence-corrected chi connectivity index (χ2v) is 4.81. The van der Waals surface area contributed by atoms with E-state index >= 15 is 0 Å². The number of nitrogen functional groups attached to an aromatic ring is 1. The molecule has 0 radical (unpaired) electrons. The van der Waals surface area contributed by atoms with E-state index in [2.05, 4.69) is 10.4 Å². The number of hydrogen-bond acceptors (Lipinski definition) is 3. The van der Waals surface area contributed by atoms with Crippen molar-refractivity contribution in [3.05, 3.63) is 40.0 Å². The largest absolute Gasteiger partial charge is 0.396 e. The van der Waals surface area contributed by atoms with Crippen molar-refractivity contribution >= 4 is 39.9 Å². The predicted octanol–water partition coefficient (Wildman–Crippen LogP) is 1.85. The summed E-state index contributed by atoms with van der Waals surface area (Å²) in [6.07, 6.45) is 3.03. The first-order chi connectivity index (χ1) is 8.54. The Kier molecular flexibility index (Phi) is 3.80. The van der Waals surface area contributed by atoms with Gasteiger partial charge in [0.25, 0.3) is 0 Å². The summed E-state index contributed by atoms with van der Waals surface area (Å²) < 4.78 is 15.0. The molecular formula is C11H10FIN4O. The Labute approximate surface area is 116 Å². The van der Waals surface area contributed by atoms with Crippen LogP contribution in [0, 0.1) is 9.39 Å². The van der Waals surface area contributed by atoms with Crippen LogP contribution in [-0.2, 0) is 11.3 Å². The molecule has 1 amide bonds. The zero-order valence-corrected chi connectivity index (χ0v) is 11.4. The highest BCUT2D eigenvalue weighted by Gasteiger charge is 2.07. The number of nitrogens with zero attached hydrogens (tertiary/aromatic N) is 2. The van der Waals surface area contributed by atoms with E-state index in [-0.39, 0.29) is 18.3 Å². The Morgan fingerprint density at radius 3 is 2.94 bits per heavy atom. The van der Waals surface area contributed by atoms with Gasteiger partial charge in [-0.1, -0.05) is 0 Å². The topological polar surface area (TPSA) is 72.9 Å². The molecule has 0 aliphatic carbocycles. The van der Waals surface area contributed by atoms with Crippen molar-refractivity contribution in [3.8, 4) is 0 Å². The zero-order chi connectivity index (χ0) is 13.1. The third kappa shape index (κ3) is 3.19. The van der Waals surface area contributed by atoms with Crippen LogP contribution in [0.25, 0.3) is 0 Å². The number of hydrogen-bond donors (Lipinski definition) is 2. The Morgan fingerprint density at radius 1 is 1.56 bits per heavy atom. The van der Waals surface area contributed by atoms with Gasteiger partial charge in [-0.25, -0.2) is 4.39 Å². The second-order valence-electron chi connectivity index (χ2n) is 3.64. The van der Waals surface area contributed by atoms with Gasteiger partial charge < -0.3 is 11.1 Å². The van der Waals surface area contributed by atoms with Crippen molar-refractivity contribution in [2.45, 2.75) is 6.54 Å². The number of carbonyl (C=O) groups excluding carboxylic acids is 1. The molecule has 18 heavy (non-hydrogen) atoms. The highest BCUT2D eigenvalue weighted by molar-refractivity contribution is 14.1. The molecule has 1 aromatic heterocycles. The third-order valence-corrected chi connectivity index (χ3v) is 3.06. The third-order valence-electron chi connectivity index (χ3n) is 2.16. The monoisotopic (exact) mass is 360 g/mol. The van der Waals surface area contributed by atoms with Gasteiger partial charge in [-0.3, -0.25) is 9.48 Å². The van der Waals surface area contributed by atoms with E-state index < -0.39 is 0 Å². The summed E-state index contributed by atoms with van der Waals surface area (Å²) in [5, 5.41) is 6.58. The van der Waals surface area contributed by atoms with E-state index in [0.29, 0.717) is 14.9 Å². The normalized spacial score (nSPS) is 10.3. The van der Waals surface area contributed by atoms with Gasteiger partial charge in [0.15, 0.2) is 0 Å². The maximum absolute atomic E-state index is 12.9. The molecule has 7 heteroatoms. The van der Waals surface area contributed by atoms with Crippen LogP contribution in [-0.4, -0.2) is 15.7 Å². The van der Waals surface area contributed by atoms with Crippen molar-refractivity contribution < 1.29 is 9.18 Å². The summed E-state index contributed by atoms with van der Waals surface area (Å²) in [6, 6.07) is 4.16. The molecule has 0 atom stereocenters. The van der Waals surface area contributed by atoms with Crippen LogP contribution >= 0.6 is 22.6 Å². The van der Waals surface area contributed by atoms with Gasteiger partial charge in [0.1, 0.15) is 12.4 Å². The molecule has 3 N–H and O–H groups in total. The SMILES string of the molecule is Nc1cnn(CC(=O)Nc2ccc(F)cc2I)c1. The van der Waals surface area contributed by atoms with Crippen molar-refractivity contribution in [1.82, 2.24) is 9.78 Å². The molecule has 0 saturated carbocycles. The van der Waals surface area contributed by atoms with Crippen LogP contribution in [0.3, 0.4) is 0 Å². The average Bonchev–Trinajstić information content (AvgIpc) is 2.68. The summed E-state index contributed by atoms with van der Waals surface area (Å²) in [4.78, 5) is 11.7. The minimum atomic E-state index is -0.336. The van der Waals surface area contributed by atoms with E-state index in [4.69, 9.17) is 5.73 Å². The van der Waals surface area contributed by atoms with E-state index in [1.54, 1.807) is 6.20 Å². The summed E-state index contributed by atoms with van der Waals surface area (Å²) >= 11 is 1.96. The highest BCUT2D eigenvalue weighted by atomic mass is 127. The lowest BCUT2D eigenvalue weighted by atomic mass is 10.3. The van der Waals surface area contributed by atoms with Gasteiger partial charge in [0, 0.05) is 9.77 Å². The Hall–Kier alpha value is -1.64. The maximum Gasteiger partial charge on any atom is 0.246 e. The van der Waals surface area contributed by atoms with Gasteiger partial charge in [0.05, 0.1) is 17.6 Å². The predicted molar refractivity (Wildman–Crippen MR) is 74.4 cm³/mol. The van der Waals surface area contributed by atoms with Crippen LogP contribution in [0.2, 0.25) is 0 Å². The molecule has 0 saturated heterocycles. The number of amides is 1. The van der Waals surface area contributed by atoms with Crippen LogP contribution < -0.4 is 11.1 Å². The highest BCUT2D eigenvalue weighted by Crippen LogP contribution is 2.18. The molecule has 0 aliphatic heterocycles. The first-order valence-corrected chi connectivity index (χ1v) is 6.15. The Morgan fingerprint density at radius 2 is 2.33 bits per heavy atom. The van der Waals surface area contributed by atoms with E-state index in [1.165, 1.54) is 29.1 Å². The smallest absolute Gasteiger partial charge is 0.246 e. The molecule has 94 valence electrons. The molecule has 0 aliphatic rings. The fourth-order valence-electron chi connectivity index (χ4n) is 1.39. The number of aromatic nitrogens is 2. The van der Waals surface area contributed by atoms with Gasteiger partial charge in [-0.05, 0) is 40.8 Å². The van der Waals surface area contributed by atoms with Crippen molar-refractivity contribution in [2.75, 3.05) is 11.1 Å². The first kappa shape index (κ1) is 12.8. The lowest BCUT2D eigenvalue weighted by molar-refractivity contribution is -0.116. The minimum Gasteiger partial charge on any atom is -0.396 e. The number of anilines is 2. The zero-order valence-electron chi connectivity index (χ0n) is 9.23. The van der Waals surface area contributed by atoms with Gasteiger partial charge in [-0.15, -0.1) is 0 Å². The number of nitrogens with two attached hydrogens (primary N) is 1. The van der Waals surface area contributed by atoms with Crippen molar-refractivity contribution in [1.29, 1.82) is 0 Å². The standard InChI is InChI=1S/C11H10FIN4O/c12-7-1-2-10(9(13)3-7)16-11(18)6-17-5-8(14)4-15-17/h1-5H,6,14H2,(H,16,18). The molecule has 0 spiro atoms. The van der Waals surface area contributed by atoms with Crippen LogP contribution in [0.15, 0.2) is 30.6 Å². The molecule has 5 nitrogen and oxygen atoms in total. The van der Waals surface area contributed by atoms with E-state index in [1.807, 2.05) is 22.6 Å². The van der Waals surface area contributed by atoms with Crippen molar-refractivity contribution in [2.24, 2.45) is 0 Å². The summed E-state index contributed by atoms with van der Waals surface area (Å²) in [5.41, 5.74) is 6.56. The second kappa shape index (κ2) is 5.34. The molecule has 2 aromatic rings. The minimum absolute atomic E-state index is 0.0602. The Balaban J connectivity index is 2.03. The molecule has 2 rings (SSSR count). The first-order valence-electron chi connectivity index (χ1n) is 5.07. The van der Waals surface area contributed by atoms with Crippen LogP contribution in [0.1, 0.15) is 0 Å². The molecule has 0 bridgehead atoms. The number of benzene rings is 1. The van der Waals surface area contributed by atoms with Gasteiger partial charge in [0.2, 0.25) is 5.91 Å². The number of carbonyl (C=O) groups is 1. The quantitative estimate of drug-likeness (QED) is 0.821. The molecular weight excluding hydrogens is 350 g/mol. The molecule has 0 unspecified atom stereocenters. The molecule has 1 aromatic carbocycles. The molecule has 0 fully saturated rings. The van der Waals surface area contributed by atoms with Gasteiger partial charge >= 0.3 is 0 Å². The van der Waals surface area contributed by atoms with Gasteiger partial charge in [-0.2, -0.15) is 5.10 Å². The summed E-state index contributed by atoms with van der Waals surface area (Å²) in [5.74, 6) is -0.583. The summed E-state index contributed by atoms with van der Waals surface area (Å²) in [7, 11) is 0. The van der Waals surface area contributed by atoms with E-state index in [9.17, 15) is 9.18 Å². The maximum atomic E-state index is 12.9. The molecule has 1 heterocycles. The Bertz CT molecular complexity index is 584. The lowest BCUT2D eigenvalue weighted by Gasteiger charge is -2.07. The van der Waals surface area contributed by atoms with E-state index in [0.717, 1.165) is 0 Å². The number of rotatable bonds is 3. The van der Waals surface area contributed by atoms with Crippen LogP contribution in [0.5, 0.6) is 0 Å². The fraction of sp³-hybridized carbons (Fsp3) is 0.0909. The average molecular weight is 360 g/mol. The summed E-state index contributed by atoms with van der Waals surface area (Å²) in [6.45, 7) is 0.0602. The number of nitrogens with one attached hydrogen (secondary N) is 1. The fourth-order valence-corrected chi connectivity index (χ4v) is 2.01. The lowest BCUT2D eigenvalue weighted by Crippen LogP contribution is -2.19.